The van der Waals surface area contributed by atoms with Crippen molar-refractivity contribution in [2.75, 3.05) is 0 Å². The van der Waals surface area contributed by atoms with E-state index in [0.717, 1.165) is 6.07 Å². The van der Waals surface area contributed by atoms with Crippen molar-refractivity contribution in [3.05, 3.63) is 64.7 Å². The molecular formula is C15H9F3O4. The molecule has 0 aliphatic heterocycles. The van der Waals surface area contributed by atoms with E-state index in [2.05, 4.69) is 0 Å². The van der Waals surface area contributed by atoms with Crippen molar-refractivity contribution >= 4 is 11.8 Å². The molecule has 7 heteroatoms. The van der Waals surface area contributed by atoms with Crippen molar-refractivity contribution in [2.24, 2.45) is 0 Å². The first-order chi connectivity index (χ1) is 10.2. The summed E-state index contributed by atoms with van der Waals surface area (Å²) < 4.78 is 37.6. The summed E-state index contributed by atoms with van der Waals surface area (Å²) in [4.78, 5) is 23.3. The first-order valence-electron chi connectivity index (χ1n) is 5.99. The Morgan fingerprint density at radius 3 is 2.00 bits per heavy atom. The number of carboxylic acid groups (broad SMARTS) is 1. The number of carbonyl (C=O) groups is 2. The number of ketones is 1. The first kappa shape index (κ1) is 15.6. The summed E-state index contributed by atoms with van der Waals surface area (Å²) in [5.41, 5.74) is -2.02. The van der Waals surface area contributed by atoms with Crippen LogP contribution in [0.5, 0.6) is 5.75 Å². The van der Waals surface area contributed by atoms with Gasteiger partial charge in [-0.05, 0) is 24.3 Å². The lowest BCUT2D eigenvalue weighted by Crippen LogP contribution is -2.11. The number of aromatic hydroxyl groups is 1. The van der Waals surface area contributed by atoms with Gasteiger partial charge in [-0.15, -0.1) is 0 Å². The predicted octanol–water partition coefficient (Wildman–Crippen LogP) is 3.34. The average molecular weight is 310 g/mol. The SMILES string of the molecule is O=C(O)c1ccccc1C(=O)c1ccc(C(F)(F)F)cc1O. The third-order valence-electron chi connectivity index (χ3n) is 2.97. The fourth-order valence-electron chi connectivity index (χ4n) is 1.91. The number of carboxylic acids is 1. The molecule has 114 valence electrons. The average Bonchev–Trinajstić information content (AvgIpc) is 2.45. The molecule has 0 saturated carbocycles. The lowest BCUT2D eigenvalue weighted by Gasteiger charge is -2.10. The van der Waals surface area contributed by atoms with E-state index in [1.807, 2.05) is 0 Å². The van der Waals surface area contributed by atoms with Gasteiger partial charge >= 0.3 is 12.1 Å². The molecule has 0 spiro atoms. The molecule has 0 aromatic heterocycles. The highest BCUT2D eigenvalue weighted by Gasteiger charge is 2.32. The zero-order chi connectivity index (χ0) is 16.5. The van der Waals surface area contributed by atoms with Crippen LogP contribution in [0.1, 0.15) is 31.8 Å². The van der Waals surface area contributed by atoms with Crippen molar-refractivity contribution < 1.29 is 33.0 Å². The quantitative estimate of drug-likeness (QED) is 0.853. The Morgan fingerprint density at radius 1 is 0.909 bits per heavy atom. The van der Waals surface area contributed by atoms with Crippen LogP contribution in [-0.2, 0) is 6.18 Å². The van der Waals surface area contributed by atoms with Gasteiger partial charge in [-0.3, -0.25) is 4.79 Å². The van der Waals surface area contributed by atoms with E-state index in [1.165, 1.54) is 24.3 Å². The van der Waals surface area contributed by atoms with Crippen molar-refractivity contribution in [3.63, 3.8) is 0 Å². The van der Waals surface area contributed by atoms with Crippen LogP contribution < -0.4 is 0 Å². The van der Waals surface area contributed by atoms with Crippen LogP contribution in [0, 0.1) is 0 Å². The molecule has 2 aromatic carbocycles. The lowest BCUT2D eigenvalue weighted by molar-refractivity contribution is -0.137. The predicted molar refractivity (Wildman–Crippen MR) is 69.9 cm³/mol. The second-order valence-corrected chi connectivity index (χ2v) is 4.41. The van der Waals surface area contributed by atoms with E-state index in [9.17, 15) is 27.9 Å². The van der Waals surface area contributed by atoms with Crippen LogP contribution in [0.15, 0.2) is 42.5 Å². The summed E-state index contributed by atoms with van der Waals surface area (Å²) in [5, 5.41) is 18.7. The van der Waals surface area contributed by atoms with Gasteiger partial charge in [-0.2, -0.15) is 13.2 Å². The number of rotatable bonds is 3. The fourth-order valence-corrected chi connectivity index (χ4v) is 1.91. The number of phenols is 1. The highest BCUT2D eigenvalue weighted by molar-refractivity contribution is 6.15. The summed E-state index contributed by atoms with van der Waals surface area (Å²) in [5.74, 6) is -3.08. The number of aromatic carboxylic acids is 1. The van der Waals surface area contributed by atoms with Crippen LogP contribution in [0.25, 0.3) is 0 Å². The van der Waals surface area contributed by atoms with Crippen molar-refractivity contribution in [3.8, 4) is 5.75 Å². The molecule has 22 heavy (non-hydrogen) atoms. The third kappa shape index (κ3) is 2.93. The first-order valence-corrected chi connectivity index (χ1v) is 5.99. The summed E-state index contributed by atoms with van der Waals surface area (Å²) in [6, 6.07) is 7.14. The molecule has 0 radical (unpaired) electrons. The normalized spacial score (nSPS) is 11.2. The minimum absolute atomic E-state index is 0.218. The maximum atomic E-state index is 12.5. The Morgan fingerprint density at radius 2 is 1.50 bits per heavy atom. The molecule has 0 fully saturated rings. The van der Waals surface area contributed by atoms with Crippen molar-refractivity contribution in [1.82, 2.24) is 0 Å². The summed E-state index contributed by atoms with van der Waals surface area (Å²) in [6.07, 6.45) is -4.65. The van der Waals surface area contributed by atoms with Gasteiger partial charge in [0.25, 0.3) is 0 Å². The summed E-state index contributed by atoms with van der Waals surface area (Å²) in [7, 11) is 0. The molecule has 2 rings (SSSR count). The second-order valence-electron chi connectivity index (χ2n) is 4.41. The molecule has 0 amide bonds. The molecule has 0 aliphatic carbocycles. The van der Waals surface area contributed by atoms with Crippen LogP contribution in [0.4, 0.5) is 13.2 Å². The molecule has 0 aliphatic rings. The van der Waals surface area contributed by atoms with Gasteiger partial charge in [-0.25, -0.2) is 4.79 Å². The molecule has 2 aromatic rings. The van der Waals surface area contributed by atoms with Crippen LogP contribution in [0.3, 0.4) is 0 Å². The van der Waals surface area contributed by atoms with E-state index in [4.69, 9.17) is 5.11 Å². The van der Waals surface area contributed by atoms with Gasteiger partial charge < -0.3 is 10.2 Å². The summed E-state index contributed by atoms with van der Waals surface area (Å²) >= 11 is 0. The van der Waals surface area contributed by atoms with Gasteiger partial charge in [0.1, 0.15) is 5.75 Å². The summed E-state index contributed by atoms with van der Waals surface area (Å²) in [6.45, 7) is 0. The third-order valence-corrected chi connectivity index (χ3v) is 2.97. The van der Waals surface area contributed by atoms with E-state index < -0.39 is 34.8 Å². The molecular weight excluding hydrogens is 301 g/mol. The van der Waals surface area contributed by atoms with Crippen molar-refractivity contribution in [1.29, 1.82) is 0 Å². The van der Waals surface area contributed by atoms with Gasteiger partial charge in [-0.1, -0.05) is 18.2 Å². The Kier molecular flexibility index (Phi) is 3.90. The molecule has 0 unspecified atom stereocenters. The monoisotopic (exact) mass is 310 g/mol. The van der Waals surface area contributed by atoms with E-state index >= 15 is 0 Å². The maximum Gasteiger partial charge on any atom is 0.416 e. The van der Waals surface area contributed by atoms with Gasteiger partial charge in [0.2, 0.25) is 0 Å². The smallest absolute Gasteiger partial charge is 0.416 e. The zero-order valence-corrected chi connectivity index (χ0v) is 10.9. The number of halogens is 3. The van der Waals surface area contributed by atoms with E-state index in [0.29, 0.717) is 12.1 Å². The van der Waals surface area contributed by atoms with Crippen LogP contribution in [0.2, 0.25) is 0 Å². The Hall–Kier alpha value is -2.83. The molecule has 2 N–H and O–H groups in total. The minimum atomic E-state index is -4.65. The highest BCUT2D eigenvalue weighted by atomic mass is 19.4. The van der Waals surface area contributed by atoms with Gasteiger partial charge in [0.15, 0.2) is 5.78 Å². The van der Waals surface area contributed by atoms with Crippen molar-refractivity contribution in [2.45, 2.75) is 6.18 Å². The number of benzene rings is 2. The Labute approximate surface area is 122 Å². The van der Waals surface area contributed by atoms with Crippen LogP contribution in [-0.4, -0.2) is 22.0 Å². The molecule has 0 saturated heterocycles. The number of alkyl halides is 3. The Balaban J connectivity index is 2.50. The number of carbonyl (C=O) groups excluding carboxylic acids is 1. The standard InChI is InChI=1S/C15H9F3O4/c16-15(17,18)8-5-6-11(12(19)7-8)13(20)9-3-1-2-4-10(9)14(21)22/h1-7,19H,(H,21,22). The fraction of sp³-hybridized carbons (Fsp3) is 0.0667. The Bertz CT molecular complexity index is 751. The largest absolute Gasteiger partial charge is 0.507 e. The topological polar surface area (TPSA) is 74.6 Å². The van der Waals surface area contributed by atoms with E-state index in [1.54, 1.807) is 0 Å². The molecule has 0 atom stereocenters. The lowest BCUT2D eigenvalue weighted by atomic mass is 9.97. The molecule has 0 heterocycles. The zero-order valence-electron chi connectivity index (χ0n) is 10.9. The minimum Gasteiger partial charge on any atom is -0.507 e. The van der Waals surface area contributed by atoms with Gasteiger partial charge in [0, 0.05) is 5.56 Å². The number of phenolic OH excluding ortho intramolecular Hbond substituents is 1. The highest BCUT2D eigenvalue weighted by Crippen LogP contribution is 2.33. The van der Waals surface area contributed by atoms with Gasteiger partial charge in [0.05, 0.1) is 16.7 Å². The van der Waals surface area contributed by atoms with Crippen LogP contribution >= 0.6 is 0 Å². The second kappa shape index (κ2) is 5.51. The number of hydrogen-bond donors (Lipinski definition) is 2. The maximum absolute atomic E-state index is 12.5. The molecule has 4 nitrogen and oxygen atoms in total. The number of hydrogen-bond acceptors (Lipinski definition) is 3. The molecule has 0 bridgehead atoms. The van der Waals surface area contributed by atoms with E-state index in [-0.39, 0.29) is 11.1 Å².